The van der Waals surface area contributed by atoms with Crippen LogP contribution in [0.3, 0.4) is 0 Å². The van der Waals surface area contributed by atoms with Crippen LogP contribution >= 0.6 is 11.6 Å². The van der Waals surface area contributed by atoms with Crippen molar-refractivity contribution in [3.8, 4) is 5.75 Å². The molecule has 0 bridgehead atoms. The molecule has 11 heteroatoms. The molecular weight excluding hydrogens is 410 g/mol. The van der Waals surface area contributed by atoms with E-state index in [1.54, 1.807) is 31.3 Å². The fourth-order valence-electron chi connectivity index (χ4n) is 3.53. The number of hydrogen-bond acceptors (Lipinski definition) is 7. The van der Waals surface area contributed by atoms with E-state index in [2.05, 4.69) is 15.4 Å². The summed E-state index contributed by atoms with van der Waals surface area (Å²) in [7, 11) is 4.64. The van der Waals surface area contributed by atoms with Gasteiger partial charge in [-0.3, -0.25) is 18.5 Å². The third-order valence-electron chi connectivity index (χ3n) is 5.04. The van der Waals surface area contributed by atoms with E-state index in [1.807, 2.05) is 17.6 Å². The molecule has 0 saturated carbocycles. The van der Waals surface area contributed by atoms with E-state index >= 15 is 0 Å². The highest BCUT2D eigenvalue weighted by molar-refractivity contribution is 6.32. The number of aromatic nitrogens is 4. The molecule has 0 saturated heterocycles. The molecule has 30 heavy (non-hydrogen) atoms. The van der Waals surface area contributed by atoms with Crippen molar-refractivity contribution in [1.82, 2.24) is 18.7 Å². The van der Waals surface area contributed by atoms with E-state index in [4.69, 9.17) is 16.3 Å². The predicted octanol–water partition coefficient (Wildman–Crippen LogP) is 1.40. The predicted molar refractivity (Wildman–Crippen MR) is 117 cm³/mol. The van der Waals surface area contributed by atoms with Crippen molar-refractivity contribution in [2.24, 2.45) is 19.2 Å². The number of rotatable bonds is 5. The van der Waals surface area contributed by atoms with E-state index in [1.165, 1.54) is 11.6 Å². The molecular formula is C19H22ClN7O3. The molecule has 158 valence electrons. The number of hydrogen-bond donors (Lipinski definition) is 1. The maximum Gasteiger partial charge on any atom is 0.332 e. The van der Waals surface area contributed by atoms with Gasteiger partial charge in [-0.1, -0.05) is 11.6 Å². The molecule has 1 aromatic carbocycles. The highest BCUT2D eigenvalue weighted by atomic mass is 35.5. The van der Waals surface area contributed by atoms with Crippen LogP contribution in [0.1, 0.15) is 6.92 Å². The number of benzene rings is 1. The van der Waals surface area contributed by atoms with Crippen LogP contribution in [0.4, 0.5) is 11.6 Å². The lowest BCUT2D eigenvalue weighted by atomic mass is 10.3. The molecule has 10 nitrogen and oxygen atoms in total. The zero-order valence-corrected chi connectivity index (χ0v) is 17.9. The molecule has 1 aliphatic rings. The van der Waals surface area contributed by atoms with E-state index in [0.29, 0.717) is 47.5 Å². The summed E-state index contributed by atoms with van der Waals surface area (Å²) >= 11 is 6.17. The average Bonchev–Trinajstić information content (AvgIpc) is 3.10. The molecule has 1 aliphatic heterocycles. The van der Waals surface area contributed by atoms with Crippen LogP contribution in [0.5, 0.6) is 5.75 Å². The largest absolute Gasteiger partial charge is 0.495 e. The Balaban J connectivity index is 1.63. The van der Waals surface area contributed by atoms with Gasteiger partial charge in [0.25, 0.3) is 5.56 Å². The molecule has 0 unspecified atom stereocenters. The van der Waals surface area contributed by atoms with Gasteiger partial charge >= 0.3 is 5.69 Å². The molecule has 0 atom stereocenters. The van der Waals surface area contributed by atoms with Crippen LogP contribution in [-0.4, -0.2) is 44.6 Å². The Kier molecular flexibility index (Phi) is 5.02. The summed E-state index contributed by atoms with van der Waals surface area (Å²) in [5.74, 6) is 1.14. The summed E-state index contributed by atoms with van der Waals surface area (Å²) in [5, 5.41) is 10.1. The first-order valence-electron chi connectivity index (χ1n) is 9.37. The third kappa shape index (κ3) is 3.22. The topological polar surface area (TPSA) is 98.7 Å². The second kappa shape index (κ2) is 7.52. The van der Waals surface area contributed by atoms with Crippen LogP contribution in [0.25, 0.3) is 11.2 Å². The SMILES string of the molecule is COc1ccc(NCCN2N=C(C)Cn3c2nc2c3c(=O)n(C)c(=O)n2C)cc1Cl. The number of anilines is 2. The lowest BCUT2D eigenvalue weighted by Gasteiger charge is -2.25. The van der Waals surface area contributed by atoms with Crippen molar-refractivity contribution in [3.63, 3.8) is 0 Å². The summed E-state index contributed by atoms with van der Waals surface area (Å²) < 4.78 is 9.45. The molecule has 0 amide bonds. The van der Waals surface area contributed by atoms with E-state index in [0.717, 1.165) is 16.0 Å². The molecule has 0 spiro atoms. The van der Waals surface area contributed by atoms with Crippen molar-refractivity contribution < 1.29 is 4.74 Å². The van der Waals surface area contributed by atoms with Crippen LogP contribution in [0, 0.1) is 0 Å². The quantitative estimate of drug-likeness (QED) is 0.655. The van der Waals surface area contributed by atoms with Crippen LogP contribution in [0.2, 0.25) is 5.02 Å². The van der Waals surface area contributed by atoms with Crippen molar-refractivity contribution in [2.75, 3.05) is 30.5 Å². The average molecular weight is 432 g/mol. The fraction of sp³-hybridized carbons (Fsp3) is 0.368. The number of fused-ring (bicyclic) bond motifs is 3. The van der Waals surface area contributed by atoms with Gasteiger partial charge in [0, 0.05) is 26.3 Å². The lowest BCUT2D eigenvalue weighted by Crippen LogP contribution is -2.38. The zero-order chi connectivity index (χ0) is 21.6. The summed E-state index contributed by atoms with van der Waals surface area (Å²) in [6, 6.07) is 5.47. The summed E-state index contributed by atoms with van der Waals surface area (Å²) in [5.41, 5.74) is 1.65. The Morgan fingerprint density at radius 2 is 2.00 bits per heavy atom. The van der Waals surface area contributed by atoms with Gasteiger partial charge in [-0.25, -0.2) is 9.80 Å². The maximum absolute atomic E-state index is 12.7. The number of aryl methyl sites for hydroxylation is 1. The number of hydrazone groups is 1. The Bertz CT molecular complexity index is 1290. The second-order valence-electron chi connectivity index (χ2n) is 7.11. The maximum atomic E-state index is 12.7. The van der Waals surface area contributed by atoms with Crippen LogP contribution in [0.15, 0.2) is 32.9 Å². The van der Waals surface area contributed by atoms with Gasteiger partial charge in [0.15, 0.2) is 11.2 Å². The monoisotopic (exact) mass is 431 g/mol. The summed E-state index contributed by atoms with van der Waals surface area (Å²) in [4.78, 5) is 29.6. The molecule has 1 N–H and O–H groups in total. The number of halogens is 1. The lowest BCUT2D eigenvalue weighted by molar-refractivity contribution is 0.415. The minimum atomic E-state index is -0.412. The molecule has 3 aromatic rings. The van der Waals surface area contributed by atoms with Gasteiger partial charge in [-0.05, 0) is 25.1 Å². The Labute approximate surface area is 176 Å². The van der Waals surface area contributed by atoms with E-state index < -0.39 is 5.69 Å². The number of methoxy groups -OCH3 is 1. The van der Waals surface area contributed by atoms with Gasteiger partial charge in [-0.2, -0.15) is 10.1 Å². The van der Waals surface area contributed by atoms with E-state index in [-0.39, 0.29) is 5.56 Å². The first-order valence-corrected chi connectivity index (χ1v) is 9.75. The smallest absolute Gasteiger partial charge is 0.332 e. The summed E-state index contributed by atoms with van der Waals surface area (Å²) in [6.45, 7) is 3.39. The van der Waals surface area contributed by atoms with Crippen molar-refractivity contribution in [2.45, 2.75) is 13.5 Å². The third-order valence-corrected chi connectivity index (χ3v) is 5.34. The Morgan fingerprint density at radius 1 is 1.23 bits per heavy atom. The molecule has 0 radical (unpaired) electrons. The molecule has 4 rings (SSSR count). The first kappa shape index (κ1) is 20.0. The minimum absolute atomic E-state index is 0.350. The standard InChI is InChI=1S/C19H22ClN7O3/c1-11-10-26-15-16(24(2)19(29)25(3)17(15)28)22-18(26)27(23-11)8-7-21-12-5-6-14(30-4)13(20)9-12/h5-6,9,21H,7-8,10H2,1-4H3. The first-order chi connectivity index (χ1) is 14.3. The molecule has 2 aromatic heterocycles. The molecule has 0 fully saturated rings. The van der Waals surface area contributed by atoms with Crippen LogP contribution in [-0.2, 0) is 20.6 Å². The van der Waals surface area contributed by atoms with Gasteiger partial charge in [-0.15, -0.1) is 0 Å². The summed E-state index contributed by atoms with van der Waals surface area (Å²) in [6.07, 6.45) is 0. The van der Waals surface area contributed by atoms with Crippen molar-refractivity contribution in [3.05, 3.63) is 44.1 Å². The van der Waals surface area contributed by atoms with Crippen molar-refractivity contribution in [1.29, 1.82) is 0 Å². The second-order valence-corrected chi connectivity index (χ2v) is 7.52. The number of ether oxygens (including phenoxy) is 1. The Hall–Kier alpha value is -3.27. The Morgan fingerprint density at radius 3 is 2.70 bits per heavy atom. The highest BCUT2D eigenvalue weighted by Crippen LogP contribution is 2.27. The van der Waals surface area contributed by atoms with E-state index in [9.17, 15) is 9.59 Å². The molecule has 3 heterocycles. The zero-order valence-electron chi connectivity index (χ0n) is 17.1. The minimum Gasteiger partial charge on any atom is -0.495 e. The molecule has 0 aliphatic carbocycles. The van der Waals surface area contributed by atoms with Gasteiger partial charge in [0.05, 0.1) is 30.9 Å². The number of imidazole rings is 1. The van der Waals surface area contributed by atoms with Crippen LogP contribution < -0.4 is 26.3 Å². The highest BCUT2D eigenvalue weighted by Gasteiger charge is 2.25. The van der Waals surface area contributed by atoms with Gasteiger partial charge in [0.2, 0.25) is 5.95 Å². The number of nitrogens with one attached hydrogen (secondary N) is 1. The van der Waals surface area contributed by atoms with Crippen molar-refractivity contribution >= 4 is 40.1 Å². The van der Waals surface area contributed by atoms with Gasteiger partial charge in [0.1, 0.15) is 5.75 Å². The number of nitrogens with zero attached hydrogens (tertiary/aromatic N) is 6. The fourth-order valence-corrected chi connectivity index (χ4v) is 3.78. The normalized spacial score (nSPS) is 13.4. The van der Waals surface area contributed by atoms with Gasteiger partial charge < -0.3 is 10.1 Å².